The average Bonchev–Trinajstić information content (AvgIpc) is 3.59. The first-order valence-electron chi connectivity index (χ1n) is 11.2. The van der Waals surface area contributed by atoms with Crippen LogP contribution in [-0.4, -0.2) is 71.8 Å². The number of nitrogens with zero attached hydrogens (tertiary/aromatic N) is 1. The fourth-order valence-electron chi connectivity index (χ4n) is 3.39. The second-order valence-electron chi connectivity index (χ2n) is 9.40. The first-order valence-corrected chi connectivity index (χ1v) is 11.2. The van der Waals surface area contributed by atoms with Gasteiger partial charge in [0.15, 0.2) is 0 Å². The highest BCUT2D eigenvalue weighted by molar-refractivity contribution is 5.93. The number of aliphatic hydroxyl groups is 1. The van der Waals surface area contributed by atoms with Gasteiger partial charge >= 0.3 is 12.1 Å². The second-order valence-corrected chi connectivity index (χ2v) is 9.40. The molecule has 2 atom stereocenters. The Kier molecular flexibility index (Phi) is 9.03. The molecule has 0 saturated heterocycles. The Morgan fingerprint density at radius 1 is 1.15 bits per heavy atom. The van der Waals surface area contributed by atoms with Gasteiger partial charge in [-0.05, 0) is 64.2 Å². The summed E-state index contributed by atoms with van der Waals surface area (Å²) in [7, 11) is 1.21. The molecular weight excluding hydrogens is 442 g/mol. The zero-order valence-electron chi connectivity index (χ0n) is 20.6. The number of nitrogens with one attached hydrogen (secondary N) is 2. The molecule has 2 rings (SSSR count). The summed E-state index contributed by atoms with van der Waals surface area (Å²) in [6.07, 6.45) is 0.484. The van der Waals surface area contributed by atoms with Gasteiger partial charge in [-0.3, -0.25) is 14.4 Å². The van der Waals surface area contributed by atoms with Crippen LogP contribution in [0.5, 0.6) is 0 Å². The molecule has 1 saturated carbocycles. The van der Waals surface area contributed by atoms with Crippen LogP contribution in [0.1, 0.15) is 56.3 Å². The Labute approximate surface area is 200 Å². The van der Waals surface area contributed by atoms with Crippen LogP contribution in [0.25, 0.3) is 0 Å². The number of carbonyl (C=O) groups excluding carboxylic acids is 4. The number of esters is 1. The largest absolute Gasteiger partial charge is 0.468 e. The van der Waals surface area contributed by atoms with Crippen molar-refractivity contribution in [2.24, 2.45) is 0 Å². The molecule has 1 aliphatic rings. The van der Waals surface area contributed by atoms with E-state index in [1.54, 1.807) is 26.8 Å². The van der Waals surface area contributed by atoms with Crippen molar-refractivity contribution in [1.82, 2.24) is 15.5 Å². The molecule has 188 valence electrons. The van der Waals surface area contributed by atoms with Gasteiger partial charge in [-0.15, -0.1) is 0 Å². The van der Waals surface area contributed by atoms with Crippen molar-refractivity contribution in [3.8, 4) is 0 Å². The highest BCUT2D eigenvalue weighted by Gasteiger charge is 2.44. The summed E-state index contributed by atoms with van der Waals surface area (Å²) >= 11 is 0. The van der Waals surface area contributed by atoms with Crippen molar-refractivity contribution in [3.63, 3.8) is 0 Å². The molecule has 2 unspecified atom stereocenters. The van der Waals surface area contributed by atoms with Gasteiger partial charge < -0.3 is 30.1 Å². The van der Waals surface area contributed by atoms with Crippen LogP contribution in [-0.2, 0) is 23.9 Å². The predicted octanol–water partition coefficient (Wildman–Crippen LogP) is 1.51. The first-order chi connectivity index (χ1) is 15.9. The third-order valence-electron chi connectivity index (χ3n) is 5.37. The zero-order valence-corrected chi connectivity index (χ0v) is 20.6. The summed E-state index contributed by atoms with van der Waals surface area (Å²) in [5, 5.41) is 14.8. The molecule has 1 fully saturated rings. The van der Waals surface area contributed by atoms with Crippen molar-refractivity contribution < 1.29 is 33.8 Å². The van der Waals surface area contributed by atoms with Crippen molar-refractivity contribution in [2.75, 3.05) is 20.3 Å². The second kappa shape index (κ2) is 11.3. The lowest BCUT2D eigenvalue weighted by Crippen LogP contribution is -2.55. The Balaban J connectivity index is 2.39. The minimum absolute atomic E-state index is 0.252. The van der Waals surface area contributed by atoms with E-state index in [1.807, 2.05) is 26.0 Å². The van der Waals surface area contributed by atoms with E-state index in [2.05, 4.69) is 15.4 Å². The Morgan fingerprint density at radius 2 is 1.79 bits per heavy atom. The molecule has 0 spiro atoms. The Hall–Kier alpha value is -3.14. The van der Waals surface area contributed by atoms with E-state index in [-0.39, 0.29) is 12.6 Å². The van der Waals surface area contributed by atoms with Gasteiger partial charge in [-0.2, -0.15) is 0 Å². The smallest absolute Gasteiger partial charge is 0.408 e. The first kappa shape index (κ1) is 27.1. The normalized spacial score (nSPS) is 15.0. The van der Waals surface area contributed by atoms with Crippen LogP contribution in [0.3, 0.4) is 0 Å². The fraction of sp³-hybridized carbons (Fsp3) is 0.583. The van der Waals surface area contributed by atoms with Crippen LogP contribution < -0.4 is 10.6 Å². The number of benzene rings is 1. The van der Waals surface area contributed by atoms with E-state index >= 15 is 0 Å². The molecule has 0 aliphatic heterocycles. The number of hydrogen-bond acceptors (Lipinski definition) is 7. The lowest BCUT2D eigenvalue weighted by molar-refractivity contribution is -0.145. The third kappa shape index (κ3) is 7.44. The number of carbonyl (C=O) groups is 4. The van der Waals surface area contributed by atoms with E-state index in [4.69, 9.17) is 4.74 Å². The molecule has 1 aromatic carbocycles. The van der Waals surface area contributed by atoms with Crippen molar-refractivity contribution in [3.05, 3.63) is 34.9 Å². The standard InChI is InChI=1S/C24H35N3O7/c1-14-7-8-16(11-15(14)2)20(21(30)25-12-19(29)33-6)27(17-9-10-17)22(31)18(13-28)26-23(32)34-24(3,4)5/h7-8,11,17-18,20,28H,9-10,12-13H2,1-6H3,(H,25,30)(H,26,32). The summed E-state index contributed by atoms with van der Waals surface area (Å²) < 4.78 is 9.81. The monoisotopic (exact) mass is 477 g/mol. The molecule has 0 heterocycles. The van der Waals surface area contributed by atoms with Crippen molar-refractivity contribution >= 4 is 23.9 Å². The molecule has 1 aliphatic carbocycles. The number of aryl methyl sites for hydroxylation is 2. The van der Waals surface area contributed by atoms with E-state index in [1.165, 1.54) is 12.0 Å². The quantitative estimate of drug-likeness (QED) is 0.459. The highest BCUT2D eigenvalue weighted by Crippen LogP contribution is 2.36. The third-order valence-corrected chi connectivity index (χ3v) is 5.37. The minimum atomic E-state index is -1.31. The van der Waals surface area contributed by atoms with E-state index < -0.39 is 48.2 Å². The molecule has 34 heavy (non-hydrogen) atoms. The van der Waals surface area contributed by atoms with Gasteiger partial charge in [-0.1, -0.05) is 18.2 Å². The Morgan fingerprint density at radius 3 is 2.29 bits per heavy atom. The van der Waals surface area contributed by atoms with E-state index in [0.29, 0.717) is 18.4 Å². The number of methoxy groups -OCH3 is 1. The maximum Gasteiger partial charge on any atom is 0.408 e. The van der Waals surface area contributed by atoms with Crippen molar-refractivity contribution in [1.29, 1.82) is 0 Å². The molecular formula is C24H35N3O7. The molecule has 0 radical (unpaired) electrons. The summed E-state index contributed by atoms with van der Waals surface area (Å²) in [6, 6.07) is 2.79. The molecule has 3 N–H and O–H groups in total. The fourth-order valence-corrected chi connectivity index (χ4v) is 3.39. The van der Waals surface area contributed by atoms with Gasteiger partial charge in [0.05, 0.1) is 13.7 Å². The maximum absolute atomic E-state index is 13.5. The highest BCUT2D eigenvalue weighted by atomic mass is 16.6. The topological polar surface area (TPSA) is 134 Å². The zero-order chi connectivity index (χ0) is 25.6. The van der Waals surface area contributed by atoms with Crippen LogP contribution in [0.2, 0.25) is 0 Å². The molecule has 10 nitrogen and oxygen atoms in total. The van der Waals surface area contributed by atoms with Gasteiger partial charge in [0.2, 0.25) is 11.8 Å². The number of hydrogen-bond donors (Lipinski definition) is 3. The van der Waals surface area contributed by atoms with Gasteiger partial charge in [0, 0.05) is 6.04 Å². The maximum atomic E-state index is 13.5. The number of rotatable bonds is 9. The number of amides is 3. The average molecular weight is 478 g/mol. The van der Waals surface area contributed by atoms with Crippen molar-refractivity contribution in [2.45, 2.75) is 71.2 Å². The van der Waals surface area contributed by atoms with Gasteiger partial charge in [-0.25, -0.2) is 4.79 Å². The Bertz CT molecular complexity index is 922. The molecule has 3 amide bonds. The molecule has 10 heteroatoms. The van der Waals surface area contributed by atoms with Crippen LogP contribution in [0, 0.1) is 13.8 Å². The summed E-state index contributed by atoms with van der Waals surface area (Å²) in [4.78, 5) is 52.1. The number of ether oxygens (including phenoxy) is 2. The summed E-state index contributed by atoms with van der Waals surface area (Å²) in [6.45, 7) is 7.84. The number of aliphatic hydroxyl groups excluding tert-OH is 1. The lowest BCUT2D eigenvalue weighted by atomic mass is 9.98. The summed E-state index contributed by atoms with van der Waals surface area (Å²) in [5.74, 6) is -1.81. The lowest BCUT2D eigenvalue weighted by Gasteiger charge is -2.34. The SMILES string of the molecule is COC(=O)CNC(=O)C(c1ccc(C)c(C)c1)N(C(=O)C(CO)NC(=O)OC(C)(C)C)C1CC1. The molecule has 1 aromatic rings. The van der Waals surface area contributed by atoms with E-state index in [9.17, 15) is 24.3 Å². The van der Waals surface area contributed by atoms with Gasteiger partial charge in [0.25, 0.3) is 0 Å². The van der Waals surface area contributed by atoms with Crippen LogP contribution in [0.4, 0.5) is 4.79 Å². The minimum Gasteiger partial charge on any atom is -0.468 e. The van der Waals surface area contributed by atoms with E-state index in [0.717, 1.165) is 11.1 Å². The number of alkyl carbamates (subject to hydrolysis) is 1. The van der Waals surface area contributed by atoms with Gasteiger partial charge in [0.1, 0.15) is 24.2 Å². The predicted molar refractivity (Wildman–Crippen MR) is 124 cm³/mol. The summed E-state index contributed by atoms with van der Waals surface area (Å²) in [5.41, 5.74) is 1.71. The van der Waals surface area contributed by atoms with Crippen LogP contribution in [0.15, 0.2) is 18.2 Å². The molecule has 0 bridgehead atoms. The molecule has 0 aromatic heterocycles. The van der Waals surface area contributed by atoms with Crippen LogP contribution >= 0.6 is 0 Å².